The third-order valence-electron chi connectivity index (χ3n) is 5.15. The molecule has 1 aliphatic heterocycles. The van der Waals surface area contributed by atoms with Gasteiger partial charge in [-0.05, 0) is 44.0 Å². The fourth-order valence-electron chi connectivity index (χ4n) is 3.46. The van der Waals surface area contributed by atoms with Crippen LogP contribution in [0.4, 0.5) is 19.0 Å². The molecule has 3 N–H and O–H groups in total. The van der Waals surface area contributed by atoms with E-state index in [1.807, 2.05) is 19.9 Å². The fourth-order valence-corrected chi connectivity index (χ4v) is 3.78. The van der Waals surface area contributed by atoms with Crippen LogP contribution in [0.5, 0.6) is 0 Å². The minimum Gasteiger partial charge on any atom is -0.399 e. The highest BCUT2D eigenvalue weighted by Gasteiger charge is 2.36. The number of halogens is 4. The van der Waals surface area contributed by atoms with Gasteiger partial charge in [0.25, 0.3) is 5.91 Å². The van der Waals surface area contributed by atoms with Gasteiger partial charge >= 0.3 is 6.18 Å². The van der Waals surface area contributed by atoms with Crippen molar-refractivity contribution in [1.82, 2.24) is 9.88 Å². The first-order chi connectivity index (χ1) is 14.0. The van der Waals surface area contributed by atoms with E-state index in [1.54, 1.807) is 13.1 Å². The summed E-state index contributed by atoms with van der Waals surface area (Å²) in [5.74, 6) is 0.0803. The number of nitrogens with one attached hydrogen (secondary N) is 1. The van der Waals surface area contributed by atoms with E-state index in [4.69, 9.17) is 17.3 Å². The molecule has 160 valence electrons. The van der Waals surface area contributed by atoms with Gasteiger partial charge in [-0.15, -0.1) is 0 Å². The molecule has 0 fully saturated rings. The van der Waals surface area contributed by atoms with Crippen LogP contribution in [0.25, 0.3) is 0 Å². The molecule has 1 unspecified atom stereocenters. The highest BCUT2D eigenvalue weighted by molar-refractivity contribution is 6.34. The highest BCUT2D eigenvalue weighted by atomic mass is 35.5. The van der Waals surface area contributed by atoms with Crippen molar-refractivity contribution in [3.8, 4) is 0 Å². The maximum absolute atomic E-state index is 13.1. The number of pyridine rings is 1. The molecule has 1 aliphatic rings. The van der Waals surface area contributed by atoms with Crippen LogP contribution in [0.2, 0.25) is 5.02 Å². The number of aryl methyl sites for hydroxylation is 2. The van der Waals surface area contributed by atoms with E-state index in [1.165, 1.54) is 17.0 Å². The summed E-state index contributed by atoms with van der Waals surface area (Å²) < 4.78 is 39.4. The smallest absolute Gasteiger partial charge is 0.399 e. The number of aromatic nitrogens is 1. The van der Waals surface area contributed by atoms with Crippen molar-refractivity contribution < 1.29 is 18.0 Å². The van der Waals surface area contributed by atoms with Gasteiger partial charge in [-0.1, -0.05) is 23.7 Å². The number of rotatable bonds is 3. The average Bonchev–Trinajstić information content (AvgIpc) is 2.66. The lowest BCUT2D eigenvalue weighted by molar-refractivity contribution is -0.137. The summed E-state index contributed by atoms with van der Waals surface area (Å²) in [5.41, 5.74) is 8.20. The molecule has 2 aromatic rings. The molecule has 1 atom stereocenters. The van der Waals surface area contributed by atoms with E-state index in [9.17, 15) is 18.0 Å². The Bertz CT molecular complexity index is 1020. The van der Waals surface area contributed by atoms with Crippen LogP contribution in [0.3, 0.4) is 0 Å². The molecule has 0 spiro atoms. The van der Waals surface area contributed by atoms with Gasteiger partial charge in [-0.3, -0.25) is 4.79 Å². The van der Waals surface area contributed by atoms with Gasteiger partial charge in [0.2, 0.25) is 0 Å². The predicted molar refractivity (Wildman–Crippen MR) is 110 cm³/mol. The predicted octanol–water partition coefficient (Wildman–Crippen LogP) is 4.89. The molecule has 0 radical (unpaired) electrons. The third-order valence-corrected chi connectivity index (χ3v) is 5.56. The second-order valence-corrected chi connectivity index (χ2v) is 7.70. The maximum atomic E-state index is 13.1. The van der Waals surface area contributed by atoms with Crippen molar-refractivity contribution in [1.29, 1.82) is 0 Å². The van der Waals surface area contributed by atoms with E-state index in [0.29, 0.717) is 17.9 Å². The number of carbonyl (C=O) groups is 1. The number of amides is 1. The molecule has 0 saturated heterocycles. The number of carbonyl (C=O) groups excluding carboxylic acids is 1. The molecule has 0 aliphatic carbocycles. The Hall–Kier alpha value is -2.74. The zero-order valence-electron chi connectivity index (χ0n) is 16.8. The van der Waals surface area contributed by atoms with Crippen LogP contribution in [-0.4, -0.2) is 28.4 Å². The summed E-state index contributed by atoms with van der Waals surface area (Å²) in [6.07, 6.45) is -2.49. The van der Waals surface area contributed by atoms with Crippen molar-refractivity contribution in [3.63, 3.8) is 0 Å². The number of alkyl halides is 3. The Morgan fingerprint density at radius 3 is 2.67 bits per heavy atom. The van der Waals surface area contributed by atoms with Crippen LogP contribution in [0.15, 0.2) is 41.9 Å². The van der Waals surface area contributed by atoms with E-state index in [2.05, 4.69) is 10.3 Å². The Morgan fingerprint density at radius 2 is 2.03 bits per heavy atom. The minimum absolute atomic E-state index is 0.196. The second kappa shape index (κ2) is 8.18. The summed E-state index contributed by atoms with van der Waals surface area (Å²) in [4.78, 5) is 18.8. The molecule has 5 nitrogen and oxygen atoms in total. The summed E-state index contributed by atoms with van der Waals surface area (Å²) in [6, 6.07) is 4.79. The zero-order chi connectivity index (χ0) is 22.2. The van der Waals surface area contributed by atoms with Crippen molar-refractivity contribution in [2.45, 2.75) is 39.4 Å². The molecular weight excluding hydrogens is 417 g/mol. The van der Waals surface area contributed by atoms with Gasteiger partial charge in [-0.2, -0.15) is 13.2 Å². The average molecular weight is 439 g/mol. The standard InChI is InChI=1S/C21H22ClF3N4O/c1-11-9-12(2)19(27-10-11)28-16-7-8-29(13(3)18(16)26)20(30)14-5-4-6-15(17(14)22)21(23,24)25/h4-6,9-10,13H,7-8,26H2,1-3H3,(H,27,28). The normalized spacial score (nSPS) is 17.3. The van der Waals surface area contributed by atoms with Crippen LogP contribution < -0.4 is 11.1 Å². The largest absolute Gasteiger partial charge is 0.417 e. The van der Waals surface area contributed by atoms with Crippen LogP contribution >= 0.6 is 11.6 Å². The summed E-state index contributed by atoms with van der Waals surface area (Å²) in [7, 11) is 0. The van der Waals surface area contributed by atoms with Crippen molar-refractivity contribution in [3.05, 3.63) is 69.1 Å². The summed E-state index contributed by atoms with van der Waals surface area (Å²) in [5, 5.41) is 2.62. The minimum atomic E-state index is -4.64. The lowest BCUT2D eigenvalue weighted by Crippen LogP contribution is -2.46. The summed E-state index contributed by atoms with van der Waals surface area (Å²) in [6.45, 7) is 5.88. The molecule has 1 aromatic carbocycles. The van der Waals surface area contributed by atoms with Gasteiger partial charge < -0.3 is 16.0 Å². The molecule has 2 heterocycles. The van der Waals surface area contributed by atoms with E-state index < -0.39 is 28.7 Å². The van der Waals surface area contributed by atoms with Gasteiger partial charge in [0.1, 0.15) is 5.82 Å². The number of nitrogens with two attached hydrogens (primary N) is 1. The molecule has 30 heavy (non-hydrogen) atoms. The molecular formula is C21H22ClF3N4O. The first kappa shape index (κ1) is 22.0. The SMILES string of the molecule is Cc1cnc(NC2=C(N)C(C)N(C(=O)c3cccc(C(F)(F)F)c3Cl)CC2)c(C)c1. The Labute approximate surface area is 177 Å². The number of benzene rings is 1. The Kier molecular flexibility index (Phi) is 5.99. The van der Waals surface area contributed by atoms with Crippen molar-refractivity contribution in [2.75, 3.05) is 11.9 Å². The van der Waals surface area contributed by atoms with Gasteiger partial charge in [0, 0.05) is 24.9 Å². The number of hydrogen-bond acceptors (Lipinski definition) is 4. The first-order valence-electron chi connectivity index (χ1n) is 9.36. The van der Waals surface area contributed by atoms with E-state index in [0.717, 1.165) is 22.9 Å². The Morgan fingerprint density at radius 1 is 1.33 bits per heavy atom. The van der Waals surface area contributed by atoms with Crippen LogP contribution in [0.1, 0.15) is 40.4 Å². The monoisotopic (exact) mass is 438 g/mol. The quantitative estimate of drug-likeness (QED) is 0.716. The maximum Gasteiger partial charge on any atom is 0.417 e. The summed E-state index contributed by atoms with van der Waals surface area (Å²) >= 11 is 5.93. The first-order valence-corrected chi connectivity index (χ1v) is 9.74. The molecule has 3 rings (SSSR count). The van der Waals surface area contributed by atoms with Crippen molar-refractivity contribution in [2.24, 2.45) is 5.73 Å². The lowest BCUT2D eigenvalue weighted by atomic mass is 10.0. The fraction of sp³-hybridized carbons (Fsp3) is 0.333. The number of anilines is 1. The highest BCUT2D eigenvalue weighted by Crippen LogP contribution is 2.37. The lowest BCUT2D eigenvalue weighted by Gasteiger charge is -2.36. The topological polar surface area (TPSA) is 71.2 Å². The third kappa shape index (κ3) is 4.23. The van der Waals surface area contributed by atoms with Crippen LogP contribution in [-0.2, 0) is 6.18 Å². The molecule has 1 amide bonds. The second-order valence-electron chi connectivity index (χ2n) is 7.33. The van der Waals surface area contributed by atoms with Gasteiger partial charge in [0.15, 0.2) is 0 Å². The Balaban J connectivity index is 1.86. The zero-order valence-corrected chi connectivity index (χ0v) is 17.5. The van der Waals surface area contributed by atoms with Gasteiger partial charge in [-0.25, -0.2) is 4.98 Å². The molecule has 0 saturated carbocycles. The molecule has 0 bridgehead atoms. The molecule has 9 heteroatoms. The number of hydrogen-bond donors (Lipinski definition) is 2. The van der Waals surface area contributed by atoms with Gasteiger partial charge in [0.05, 0.1) is 27.9 Å². The van der Waals surface area contributed by atoms with E-state index in [-0.39, 0.29) is 12.1 Å². The number of nitrogens with zero attached hydrogens (tertiary/aromatic N) is 2. The van der Waals surface area contributed by atoms with Crippen LogP contribution in [0, 0.1) is 13.8 Å². The molecule has 1 aromatic heterocycles. The van der Waals surface area contributed by atoms with E-state index >= 15 is 0 Å². The van der Waals surface area contributed by atoms with Crippen molar-refractivity contribution >= 4 is 23.3 Å².